The van der Waals surface area contributed by atoms with Gasteiger partial charge in [0.25, 0.3) is 0 Å². The number of rotatable bonds is 0. The Morgan fingerprint density at radius 3 is 2.62 bits per heavy atom. The summed E-state index contributed by atoms with van der Waals surface area (Å²) in [5.41, 5.74) is -0.160. The molecule has 16 heavy (non-hydrogen) atoms. The van der Waals surface area contributed by atoms with Gasteiger partial charge in [0, 0.05) is 12.8 Å². The first kappa shape index (κ1) is 11.2. The average molecular weight is 224 g/mol. The molecule has 4 nitrogen and oxygen atoms in total. The number of ketones is 1. The normalized spacial score (nSPS) is 29.1. The van der Waals surface area contributed by atoms with Crippen LogP contribution in [0.1, 0.15) is 40.0 Å². The van der Waals surface area contributed by atoms with Crippen LogP contribution in [0.4, 0.5) is 0 Å². The molecule has 88 valence electrons. The molecule has 2 rings (SSSR count). The maximum Gasteiger partial charge on any atom is 0.314 e. The van der Waals surface area contributed by atoms with Crippen LogP contribution in [0.25, 0.3) is 0 Å². The largest absolute Gasteiger partial charge is 0.483 e. The first-order chi connectivity index (χ1) is 7.37. The second-order valence-corrected chi connectivity index (χ2v) is 5.30. The van der Waals surface area contributed by atoms with Crippen LogP contribution in [0.2, 0.25) is 0 Å². The lowest BCUT2D eigenvalue weighted by atomic mass is 9.79. The van der Waals surface area contributed by atoms with E-state index in [-0.39, 0.29) is 35.5 Å². The molecule has 0 N–H and O–H groups in total. The zero-order valence-electron chi connectivity index (χ0n) is 9.83. The van der Waals surface area contributed by atoms with E-state index in [0.717, 1.165) is 0 Å². The molecule has 0 aromatic rings. The van der Waals surface area contributed by atoms with E-state index in [1.165, 1.54) is 0 Å². The fourth-order valence-corrected chi connectivity index (χ4v) is 2.12. The van der Waals surface area contributed by atoms with Crippen molar-refractivity contribution in [3.8, 4) is 0 Å². The number of carbonyl (C=O) groups excluding carboxylic acids is 2. The van der Waals surface area contributed by atoms with Crippen molar-refractivity contribution in [3.63, 3.8) is 0 Å². The van der Waals surface area contributed by atoms with Crippen molar-refractivity contribution in [1.82, 2.24) is 0 Å². The van der Waals surface area contributed by atoms with Gasteiger partial charge in [0.05, 0.1) is 6.42 Å². The number of hydrogen-bond donors (Lipinski definition) is 0. The molecule has 0 saturated heterocycles. The molecule has 2 aliphatic rings. The van der Waals surface area contributed by atoms with Crippen molar-refractivity contribution in [2.45, 2.75) is 46.1 Å². The van der Waals surface area contributed by atoms with E-state index in [1.54, 1.807) is 6.92 Å². The number of hydrogen-bond acceptors (Lipinski definition) is 4. The Kier molecular flexibility index (Phi) is 2.52. The second-order valence-electron chi connectivity index (χ2n) is 5.30. The molecule has 1 atom stereocenters. The topological polar surface area (TPSA) is 52.6 Å². The van der Waals surface area contributed by atoms with Gasteiger partial charge in [-0.15, -0.1) is 0 Å². The fourth-order valence-electron chi connectivity index (χ4n) is 2.12. The maximum absolute atomic E-state index is 11.9. The van der Waals surface area contributed by atoms with Gasteiger partial charge in [0.15, 0.2) is 5.76 Å². The molecule has 0 saturated carbocycles. The first-order valence-corrected chi connectivity index (χ1v) is 5.51. The minimum absolute atomic E-state index is 0.0622. The van der Waals surface area contributed by atoms with E-state index < -0.39 is 0 Å². The van der Waals surface area contributed by atoms with Crippen molar-refractivity contribution < 1.29 is 19.1 Å². The molecule has 1 aliphatic heterocycles. The van der Waals surface area contributed by atoms with Crippen molar-refractivity contribution in [1.29, 1.82) is 0 Å². The Hall–Kier alpha value is -1.32. The minimum atomic E-state index is -0.317. The smallest absolute Gasteiger partial charge is 0.314 e. The van der Waals surface area contributed by atoms with Crippen LogP contribution in [-0.4, -0.2) is 17.9 Å². The summed E-state index contributed by atoms with van der Waals surface area (Å²) in [4.78, 5) is 23.3. The van der Waals surface area contributed by atoms with Crippen LogP contribution >= 0.6 is 0 Å². The summed E-state index contributed by atoms with van der Waals surface area (Å²) in [6, 6.07) is 0. The second kappa shape index (κ2) is 3.61. The van der Waals surface area contributed by atoms with Gasteiger partial charge in [-0.1, -0.05) is 13.8 Å². The standard InChI is InChI=1S/C12H16O4/c1-7-4-10(14)16-9-6-12(2,3)5-8(13)11(9)15-7/h7H,4-6H2,1-3H3. The Balaban J connectivity index is 2.35. The third-order valence-corrected chi connectivity index (χ3v) is 2.79. The van der Waals surface area contributed by atoms with E-state index >= 15 is 0 Å². The highest BCUT2D eigenvalue weighted by atomic mass is 16.6. The average Bonchev–Trinajstić information content (AvgIpc) is 2.21. The van der Waals surface area contributed by atoms with Gasteiger partial charge in [-0.05, 0) is 12.3 Å². The lowest BCUT2D eigenvalue weighted by Crippen LogP contribution is -2.27. The highest BCUT2D eigenvalue weighted by Gasteiger charge is 2.38. The molecule has 0 fully saturated rings. The van der Waals surface area contributed by atoms with E-state index in [1.807, 2.05) is 13.8 Å². The Labute approximate surface area is 94.6 Å². The van der Waals surface area contributed by atoms with Gasteiger partial charge in [0.2, 0.25) is 11.5 Å². The van der Waals surface area contributed by atoms with E-state index in [0.29, 0.717) is 18.6 Å². The van der Waals surface area contributed by atoms with Crippen molar-refractivity contribution in [2.75, 3.05) is 0 Å². The van der Waals surface area contributed by atoms with Gasteiger partial charge in [-0.2, -0.15) is 0 Å². The van der Waals surface area contributed by atoms with Gasteiger partial charge >= 0.3 is 5.97 Å². The fraction of sp³-hybridized carbons (Fsp3) is 0.667. The number of allylic oxidation sites excluding steroid dienone is 2. The predicted molar refractivity (Wildman–Crippen MR) is 56.3 cm³/mol. The molecule has 0 aromatic carbocycles. The molecular formula is C12H16O4. The van der Waals surface area contributed by atoms with E-state index in [2.05, 4.69) is 0 Å². The lowest BCUT2D eigenvalue weighted by Gasteiger charge is -2.30. The van der Waals surface area contributed by atoms with Crippen LogP contribution in [-0.2, 0) is 19.1 Å². The van der Waals surface area contributed by atoms with Gasteiger partial charge in [-0.25, -0.2) is 0 Å². The van der Waals surface area contributed by atoms with Crippen molar-refractivity contribution in [2.24, 2.45) is 5.41 Å². The Bertz CT molecular complexity index is 378. The maximum atomic E-state index is 11.9. The monoisotopic (exact) mass is 224 g/mol. The highest BCUT2D eigenvalue weighted by molar-refractivity contribution is 5.96. The molecule has 0 radical (unpaired) electrons. The summed E-state index contributed by atoms with van der Waals surface area (Å²) in [7, 11) is 0. The molecule has 4 heteroatoms. The number of ether oxygens (including phenoxy) is 2. The number of Topliss-reactive ketones (excluding diaryl/α,β-unsaturated/α-hetero) is 1. The van der Waals surface area contributed by atoms with Crippen molar-refractivity contribution in [3.05, 3.63) is 11.5 Å². The molecular weight excluding hydrogens is 208 g/mol. The van der Waals surface area contributed by atoms with E-state index in [9.17, 15) is 9.59 Å². The van der Waals surface area contributed by atoms with Crippen LogP contribution in [0.15, 0.2) is 11.5 Å². The SMILES string of the molecule is CC1CC(=O)OC2=C(O1)C(=O)CC(C)(C)C2. The van der Waals surface area contributed by atoms with Crippen LogP contribution in [0.5, 0.6) is 0 Å². The van der Waals surface area contributed by atoms with Gasteiger partial charge in [0.1, 0.15) is 6.10 Å². The summed E-state index contributed by atoms with van der Waals surface area (Å²) in [6.07, 6.45) is 0.925. The lowest BCUT2D eigenvalue weighted by molar-refractivity contribution is -0.140. The zero-order valence-corrected chi connectivity index (χ0v) is 9.83. The molecule has 0 amide bonds. The molecule has 0 spiro atoms. The Morgan fingerprint density at radius 1 is 1.25 bits per heavy atom. The van der Waals surface area contributed by atoms with E-state index in [4.69, 9.17) is 9.47 Å². The highest BCUT2D eigenvalue weighted by Crippen LogP contribution is 2.39. The molecule has 1 heterocycles. The molecule has 1 unspecified atom stereocenters. The first-order valence-electron chi connectivity index (χ1n) is 5.51. The van der Waals surface area contributed by atoms with Crippen LogP contribution in [0, 0.1) is 5.41 Å². The Morgan fingerprint density at radius 2 is 1.94 bits per heavy atom. The minimum Gasteiger partial charge on any atom is -0.483 e. The third kappa shape index (κ3) is 2.10. The summed E-state index contributed by atoms with van der Waals surface area (Å²) in [5, 5.41) is 0. The van der Waals surface area contributed by atoms with Gasteiger partial charge in [-0.3, -0.25) is 9.59 Å². The number of carbonyl (C=O) groups is 2. The summed E-state index contributed by atoms with van der Waals surface area (Å²) in [5.74, 6) is 0.295. The quantitative estimate of drug-likeness (QED) is 0.590. The number of esters is 1. The third-order valence-electron chi connectivity index (χ3n) is 2.79. The zero-order chi connectivity index (χ0) is 11.9. The van der Waals surface area contributed by atoms with Gasteiger partial charge < -0.3 is 9.47 Å². The molecule has 0 bridgehead atoms. The summed E-state index contributed by atoms with van der Waals surface area (Å²) >= 11 is 0. The van der Waals surface area contributed by atoms with Crippen LogP contribution in [0.3, 0.4) is 0 Å². The summed E-state index contributed by atoms with van der Waals surface area (Å²) < 4.78 is 10.7. The summed E-state index contributed by atoms with van der Waals surface area (Å²) in [6.45, 7) is 5.73. The predicted octanol–water partition coefficient (Wildman–Crippen LogP) is 1.94. The van der Waals surface area contributed by atoms with Crippen molar-refractivity contribution >= 4 is 11.8 Å². The molecule has 0 aromatic heterocycles. The molecule has 1 aliphatic carbocycles. The van der Waals surface area contributed by atoms with Crippen LogP contribution < -0.4 is 0 Å².